The lowest BCUT2D eigenvalue weighted by Gasteiger charge is -2.11. The second-order valence-electron chi connectivity index (χ2n) is 6.89. The lowest BCUT2D eigenvalue weighted by atomic mass is 10.1. The van der Waals surface area contributed by atoms with Gasteiger partial charge in [-0.3, -0.25) is 25.2 Å². The summed E-state index contributed by atoms with van der Waals surface area (Å²) in [5.74, 6) is -1.93. The van der Waals surface area contributed by atoms with Gasteiger partial charge in [-0.15, -0.1) is 0 Å². The van der Waals surface area contributed by atoms with Crippen LogP contribution < -0.4 is 16.4 Å². The van der Waals surface area contributed by atoms with Crippen LogP contribution in [-0.4, -0.2) is 26.8 Å². The van der Waals surface area contributed by atoms with Crippen LogP contribution in [0.5, 0.6) is 0 Å². The Morgan fingerprint density at radius 2 is 1.72 bits per heavy atom. The lowest BCUT2D eigenvalue weighted by molar-refractivity contribution is 0.0838. The third-order valence-corrected chi connectivity index (χ3v) is 4.69. The van der Waals surface area contributed by atoms with Crippen LogP contribution in [0.1, 0.15) is 34.3 Å². The Morgan fingerprint density at radius 3 is 2.47 bits per heavy atom. The maximum Gasteiger partial charge on any atom is 0.291 e. The highest BCUT2D eigenvalue weighted by Gasteiger charge is 2.19. The second-order valence-corrected chi connectivity index (χ2v) is 6.89. The number of benzene rings is 2. The van der Waals surface area contributed by atoms with Crippen LogP contribution in [0, 0.1) is 5.82 Å². The molecule has 4 rings (SSSR count). The van der Waals surface area contributed by atoms with Gasteiger partial charge in [0.1, 0.15) is 5.82 Å². The Hall–Kier alpha value is -4.34. The molecule has 162 valence electrons. The Kier molecular flexibility index (Phi) is 5.75. The fourth-order valence-electron chi connectivity index (χ4n) is 3.17. The van der Waals surface area contributed by atoms with Crippen molar-refractivity contribution in [2.75, 3.05) is 0 Å². The summed E-state index contributed by atoms with van der Waals surface area (Å²) >= 11 is 0. The Bertz CT molecular complexity index is 1380. The number of aromatic nitrogens is 3. The number of rotatable bonds is 5. The minimum atomic E-state index is -0.768. The molecule has 2 N–H and O–H groups in total. The predicted molar refractivity (Wildman–Crippen MR) is 113 cm³/mol. The fraction of sp³-hybridized carbons (Fsp3) is 0.136. The summed E-state index contributed by atoms with van der Waals surface area (Å²) in [5, 5.41) is 8.48. The first kappa shape index (κ1) is 20.9. The topological polar surface area (TPSA) is 119 Å². The molecule has 0 saturated heterocycles. The van der Waals surface area contributed by atoms with E-state index in [-0.39, 0.29) is 28.3 Å². The average molecular weight is 435 g/mol. The van der Waals surface area contributed by atoms with Crippen molar-refractivity contribution >= 4 is 22.6 Å². The third-order valence-electron chi connectivity index (χ3n) is 4.69. The summed E-state index contributed by atoms with van der Waals surface area (Å²) in [5.41, 5.74) is 4.17. The highest BCUT2D eigenvalue weighted by atomic mass is 19.1. The van der Waals surface area contributed by atoms with Crippen molar-refractivity contribution in [3.63, 3.8) is 0 Å². The Morgan fingerprint density at radius 1 is 1.03 bits per heavy atom. The molecule has 10 heteroatoms. The number of amides is 2. The van der Waals surface area contributed by atoms with Gasteiger partial charge >= 0.3 is 0 Å². The molecule has 0 unspecified atom stereocenters. The van der Waals surface area contributed by atoms with E-state index in [9.17, 15) is 18.8 Å². The molecule has 2 amide bonds. The smallest absolute Gasteiger partial charge is 0.291 e. The summed E-state index contributed by atoms with van der Waals surface area (Å²) in [6, 6.07) is 13.7. The van der Waals surface area contributed by atoms with Gasteiger partial charge in [-0.25, -0.2) is 9.07 Å². The SMILES string of the molecule is CCCn1nc(C(=O)NNC(=O)c2cc(-c3ccccc3F)on2)c2ccccc2c1=O. The molecule has 0 saturated carbocycles. The van der Waals surface area contributed by atoms with Crippen LogP contribution in [0.25, 0.3) is 22.1 Å². The highest BCUT2D eigenvalue weighted by molar-refractivity contribution is 6.05. The maximum atomic E-state index is 13.9. The molecule has 0 radical (unpaired) electrons. The van der Waals surface area contributed by atoms with E-state index < -0.39 is 17.6 Å². The van der Waals surface area contributed by atoms with Gasteiger partial charge in [0.15, 0.2) is 17.1 Å². The molecule has 0 bridgehead atoms. The summed E-state index contributed by atoms with van der Waals surface area (Å²) in [4.78, 5) is 37.7. The lowest BCUT2D eigenvalue weighted by Crippen LogP contribution is -2.43. The van der Waals surface area contributed by atoms with Crippen molar-refractivity contribution in [1.29, 1.82) is 0 Å². The number of nitrogens with one attached hydrogen (secondary N) is 2. The minimum Gasteiger partial charge on any atom is -0.355 e. The van der Waals surface area contributed by atoms with Crippen LogP contribution in [0.2, 0.25) is 0 Å². The van der Waals surface area contributed by atoms with E-state index in [1.54, 1.807) is 30.3 Å². The van der Waals surface area contributed by atoms with Crippen LogP contribution >= 0.6 is 0 Å². The largest absolute Gasteiger partial charge is 0.355 e. The molecular formula is C22H18FN5O4. The summed E-state index contributed by atoms with van der Waals surface area (Å²) in [6.07, 6.45) is 0.652. The number of carbonyl (C=O) groups excluding carboxylic acids is 2. The number of hydrazine groups is 1. The van der Waals surface area contributed by atoms with Crippen LogP contribution in [0.4, 0.5) is 4.39 Å². The number of carbonyl (C=O) groups is 2. The van der Waals surface area contributed by atoms with E-state index in [2.05, 4.69) is 21.1 Å². The molecule has 2 aromatic carbocycles. The van der Waals surface area contributed by atoms with Crippen molar-refractivity contribution in [1.82, 2.24) is 25.8 Å². The standard InChI is InChI=1S/C22H18FN5O4/c1-2-11-28-22(31)14-8-4-3-7-13(14)19(26-28)21(30)25-24-20(29)17-12-18(32-27-17)15-9-5-6-10-16(15)23/h3-10,12H,2,11H2,1H3,(H,24,29)(H,25,30). The van der Waals surface area contributed by atoms with Crippen LogP contribution in [-0.2, 0) is 6.54 Å². The van der Waals surface area contributed by atoms with Crippen LogP contribution in [0.15, 0.2) is 63.9 Å². The van der Waals surface area contributed by atoms with Crippen molar-refractivity contribution in [2.45, 2.75) is 19.9 Å². The van der Waals surface area contributed by atoms with Gasteiger partial charge in [-0.2, -0.15) is 5.10 Å². The van der Waals surface area contributed by atoms with Gasteiger partial charge in [0.25, 0.3) is 17.4 Å². The zero-order valence-corrected chi connectivity index (χ0v) is 17.0. The van der Waals surface area contributed by atoms with Gasteiger partial charge in [-0.05, 0) is 24.6 Å². The van der Waals surface area contributed by atoms with E-state index in [1.807, 2.05) is 6.92 Å². The number of fused-ring (bicyclic) bond motifs is 1. The molecule has 0 fully saturated rings. The van der Waals surface area contributed by atoms with E-state index in [4.69, 9.17) is 4.52 Å². The summed E-state index contributed by atoms with van der Waals surface area (Å²) in [6.45, 7) is 2.23. The number of hydrogen-bond donors (Lipinski definition) is 2. The maximum absolute atomic E-state index is 13.9. The normalized spacial score (nSPS) is 10.8. The predicted octanol–water partition coefficient (Wildman–Crippen LogP) is 2.68. The summed E-state index contributed by atoms with van der Waals surface area (Å²) < 4.78 is 20.2. The average Bonchev–Trinajstić information content (AvgIpc) is 3.30. The van der Waals surface area contributed by atoms with Crippen molar-refractivity contribution in [3.05, 3.63) is 82.2 Å². The molecule has 0 aliphatic carbocycles. The van der Waals surface area contributed by atoms with Gasteiger partial charge < -0.3 is 4.52 Å². The van der Waals surface area contributed by atoms with Crippen molar-refractivity contribution in [2.24, 2.45) is 0 Å². The highest BCUT2D eigenvalue weighted by Crippen LogP contribution is 2.23. The molecule has 2 heterocycles. The fourth-order valence-corrected chi connectivity index (χ4v) is 3.17. The van der Waals surface area contributed by atoms with Crippen molar-refractivity contribution in [3.8, 4) is 11.3 Å². The van der Waals surface area contributed by atoms with Gasteiger partial charge in [-0.1, -0.05) is 42.4 Å². The van der Waals surface area contributed by atoms with Gasteiger partial charge in [0, 0.05) is 18.0 Å². The molecule has 2 aromatic heterocycles. The van der Waals surface area contributed by atoms with Crippen LogP contribution in [0.3, 0.4) is 0 Å². The third kappa shape index (κ3) is 3.97. The van der Waals surface area contributed by atoms with Gasteiger partial charge in [0.05, 0.1) is 10.9 Å². The quantitative estimate of drug-likeness (QED) is 0.465. The molecular weight excluding hydrogens is 417 g/mol. The first-order chi connectivity index (χ1) is 15.5. The van der Waals surface area contributed by atoms with Crippen molar-refractivity contribution < 1.29 is 18.5 Å². The number of nitrogens with zero attached hydrogens (tertiary/aromatic N) is 3. The second kappa shape index (κ2) is 8.80. The molecule has 0 spiro atoms. The van der Waals surface area contributed by atoms with E-state index >= 15 is 0 Å². The van der Waals surface area contributed by atoms with E-state index in [0.29, 0.717) is 23.7 Å². The zero-order chi connectivity index (χ0) is 22.7. The molecule has 0 atom stereocenters. The number of aryl methyl sites for hydroxylation is 1. The Labute approximate surface area is 180 Å². The number of halogens is 1. The first-order valence-corrected chi connectivity index (χ1v) is 9.81. The van der Waals surface area contributed by atoms with Gasteiger partial charge in [0.2, 0.25) is 0 Å². The summed E-state index contributed by atoms with van der Waals surface area (Å²) in [7, 11) is 0. The monoisotopic (exact) mass is 435 g/mol. The molecule has 0 aliphatic rings. The molecule has 32 heavy (non-hydrogen) atoms. The first-order valence-electron chi connectivity index (χ1n) is 9.81. The van der Waals surface area contributed by atoms with E-state index in [1.165, 1.54) is 28.9 Å². The molecule has 9 nitrogen and oxygen atoms in total. The Balaban J connectivity index is 1.54. The zero-order valence-electron chi connectivity index (χ0n) is 17.0. The minimum absolute atomic E-state index is 0.0128. The number of hydrogen-bond acceptors (Lipinski definition) is 6. The molecule has 0 aliphatic heterocycles. The molecule has 4 aromatic rings. The van der Waals surface area contributed by atoms with E-state index in [0.717, 1.165) is 0 Å².